The van der Waals surface area contributed by atoms with E-state index in [2.05, 4.69) is 15.6 Å². The van der Waals surface area contributed by atoms with Crippen molar-refractivity contribution in [3.63, 3.8) is 0 Å². The van der Waals surface area contributed by atoms with E-state index in [1.807, 2.05) is 4.90 Å². The number of likely N-dealkylation sites (tertiary alicyclic amines) is 1. The molecule has 0 atom stereocenters. The minimum Gasteiger partial charge on any atom is -0.469 e. The van der Waals surface area contributed by atoms with Crippen molar-refractivity contribution in [2.75, 3.05) is 39.1 Å². The molecule has 2 rings (SSSR count). The maximum absolute atomic E-state index is 13.6. The number of amides is 1. The van der Waals surface area contributed by atoms with Gasteiger partial charge in [-0.2, -0.15) is 0 Å². The van der Waals surface area contributed by atoms with Crippen LogP contribution in [0.1, 0.15) is 12.8 Å². The molecule has 1 aromatic carbocycles. The van der Waals surface area contributed by atoms with E-state index in [1.54, 1.807) is 7.05 Å². The van der Waals surface area contributed by atoms with Gasteiger partial charge in [-0.1, -0.05) is 0 Å². The number of ether oxygens (including phenoxy) is 1. The average molecular weight is 514 g/mol. The van der Waals surface area contributed by atoms with E-state index in [-0.39, 0.29) is 42.4 Å². The smallest absolute Gasteiger partial charge is 0.308 e. The number of carbonyl (C=O) groups excluding carboxylic acids is 2. The predicted octanol–water partition coefficient (Wildman–Crippen LogP) is 2.12. The van der Waals surface area contributed by atoms with Crippen LogP contribution in [0, 0.1) is 23.4 Å². The van der Waals surface area contributed by atoms with Crippen molar-refractivity contribution in [2.45, 2.75) is 12.8 Å². The van der Waals surface area contributed by atoms with E-state index < -0.39 is 29.0 Å². The number of esters is 1. The summed E-state index contributed by atoms with van der Waals surface area (Å²) in [5.74, 6) is -5.05. The second-order valence-electron chi connectivity index (χ2n) is 5.96. The number of piperidine rings is 1. The Kier molecular flexibility index (Phi) is 9.49. The molecule has 2 N–H and O–H groups in total. The zero-order chi connectivity index (χ0) is 20.0. The lowest BCUT2D eigenvalue weighted by Crippen LogP contribution is -2.48. The number of anilines is 1. The van der Waals surface area contributed by atoms with Crippen LogP contribution in [0.25, 0.3) is 0 Å². The van der Waals surface area contributed by atoms with Crippen molar-refractivity contribution >= 4 is 47.5 Å². The van der Waals surface area contributed by atoms with E-state index in [4.69, 9.17) is 4.74 Å². The van der Waals surface area contributed by atoms with E-state index >= 15 is 0 Å². The SMILES string of the molecule is CN=C(NCC(=O)Nc1ccc(F)c(F)c1F)N1CCC(C(=O)OC)CC1.I. The third-order valence-electron chi connectivity index (χ3n) is 4.26. The van der Waals surface area contributed by atoms with Gasteiger partial charge in [0.1, 0.15) is 0 Å². The zero-order valence-corrected chi connectivity index (χ0v) is 17.8. The molecular weight excluding hydrogens is 492 g/mol. The molecular formula is C17H22F3IN4O3. The molecule has 0 unspecified atom stereocenters. The summed E-state index contributed by atoms with van der Waals surface area (Å²) in [4.78, 5) is 29.5. The van der Waals surface area contributed by atoms with Crippen LogP contribution in [0.3, 0.4) is 0 Å². The molecule has 0 saturated carbocycles. The summed E-state index contributed by atoms with van der Waals surface area (Å²) < 4.78 is 44.4. The zero-order valence-electron chi connectivity index (χ0n) is 15.4. The van der Waals surface area contributed by atoms with Crippen LogP contribution in [0.2, 0.25) is 0 Å². The fourth-order valence-electron chi connectivity index (χ4n) is 2.80. The van der Waals surface area contributed by atoms with Crippen LogP contribution in [0.5, 0.6) is 0 Å². The highest BCUT2D eigenvalue weighted by Gasteiger charge is 2.27. The van der Waals surface area contributed by atoms with Gasteiger partial charge < -0.3 is 20.3 Å². The number of benzene rings is 1. The van der Waals surface area contributed by atoms with Crippen LogP contribution in [0.15, 0.2) is 17.1 Å². The lowest BCUT2D eigenvalue weighted by atomic mass is 9.97. The second-order valence-corrected chi connectivity index (χ2v) is 5.96. The first-order valence-corrected chi connectivity index (χ1v) is 8.34. The topological polar surface area (TPSA) is 83.0 Å². The number of rotatable bonds is 4. The predicted molar refractivity (Wildman–Crippen MR) is 108 cm³/mol. The minimum atomic E-state index is -1.65. The van der Waals surface area contributed by atoms with Gasteiger partial charge in [0.15, 0.2) is 23.4 Å². The Morgan fingerprint density at radius 1 is 1.21 bits per heavy atom. The molecule has 7 nitrogen and oxygen atoms in total. The molecule has 1 heterocycles. The van der Waals surface area contributed by atoms with Crippen molar-refractivity contribution in [3.8, 4) is 0 Å². The number of nitrogens with zero attached hydrogens (tertiary/aromatic N) is 2. The van der Waals surface area contributed by atoms with Crippen LogP contribution in [-0.2, 0) is 14.3 Å². The Morgan fingerprint density at radius 3 is 2.43 bits per heavy atom. The average Bonchev–Trinajstić information content (AvgIpc) is 2.68. The van der Waals surface area contributed by atoms with Crippen molar-refractivity contribution in [1.29, 1.82) is 0 Å². The first-order chi connectivity index (χ1) is 12.9. The van der Waals surface area contributed by atoms with Gasteiger partial charge in [-0.25, -0.2) is 13.2 Å². The number of nitrogens with one attached hydrogen (secondary N) is 2. The molecule has 11 heteroatoms. The molecule has 1 fully saturated rings. The summed E-state index contributed by atoms with van der Waals surface area (Å²) in [7, 11) is 2.89. The van der Waals surface area contributed by atoms with Gasteiger partial charge in [0.2, 0.25) is 5.91 Å². The highest BCUT2D eigenvalue weighted by Crippen LogP contribution is 2.20. The normalized spacial score (nSPS) is 14.9. The summed E-state index contributed by atoms with van der Waals surface area (Å²) >= 11 is 0. The van der Waals surface area contributed by atoms with Crippen molar-refractivity contribution in [3.05, 3.63) is 29.6 Å². The van der Waals surface area contributed by atoms with Gasteiger partial charge in [0.25, 0.3) is 0 Å². The van der Waals surface area contributed by atoms with Gasteiger partial charge in [0.05, 0.1) is 25.3 Å². The maximum Gasteiger partial charge on any atom is 0.308 e. The summed E-state index contributed by atoms with van der Waals surface area (Å²) in [6, 6.07) is 1.67. The maximum atomic E-state index is 13.6. The first kappa shape index (κ1) is 24.0. The molecule has 1 aromatic rings. The third-order valence-corrected chi connectivity index (χ3v) is 4.26. The molecule has 1 amide bonds. The van der Waals surface area contributed by atoms with E-state index in [9.17, 15) is 22.8 Å². The number of methoxy groups -OCH3 is 1. The van der Waals surface area contributed by atoms with Crippen LogP contribution >= 0.6 is 24.0 Å². The van der Waals surface area contributed by atoms with Gasteiger partial charge in [-0.3, -0.25) is 14.6 Å². The van der Waals surface area contributed by atoms with Gasteiger partial charge in [-0.05, 0) is 25.0 Å². The minimum absolute atomic E-state index is 0. The Balaban J connectivity index is 0.00000392. The standard InChI is InChI=1S/C17H21F3N4O3.HI/c1-21-17(24-7-5-10(6-8-24)16(26)27-2)22-9-13(25)23-12-4-3-11(18)14(19)15(12)20;/h3-4,10H,5-9H2,1-2H3,(H,21,22)(H,23,25);1H. The van der Waals surface area contributed by atoms with Crippen molar-refractivity contribution in [1.82, 2.24) is 10.2 Å². The molecule has 0 spiro atoms. The molecule has 156 valence electrons. The number of guanidine groups is 1. The lowest BCUT2D eigenvalue weighted by molar-refractivity contribution is -0.146. The molecule has 0 bridgehead atoms. The highest BCUT2D eigenvalue weighted by atomic mass is 127. The van der Waals surface area contributed by atoms with Gasteiger partial charge >= 0.3 is 5.97 Å². The molecule has 28 heavy (non-hydrogen) atoms. The summed E-state index contributed by atoms with van der Waals surface area (Å²) in [5.41, 5.74) is -0.449. The molecule has 0 aliphatic carbocycles. The van der Waals surface area contributed by atoms with Crippen LogP contribution < -0.4 is 10.6 Å². The van der Waals surface area contributed by atoms with Crippen molar-refractivity contribution < 1.29 is 27.5 Å². The fourth-order valence-corrected chi connectivity index (χ4v) is 2.80. The first-order valence-electron chi connectivity index (χ1n) is 8.34. The molecule has 1 aliphatic heterocycles. The van der Waals surface area contributed by atoms with E-state index in [1.165, 1.54) is 7.11 Å². The van der Waals surface area contributed by atoms with Gasteiger partial charge in [-0.15, -0.1) is 24.0 Å². The van der Waals surface area contributed by atoms with E-state index in [0.29, 0.717) is 31.9 Å². The number of aliphatic imine (C=N–C) groups is 1. The summed E-state index contributed by atoms with van der Waals surface area (Å²) in [6.45, 7) is 0.861. The Morgan fingerprint density at radius 2 is 1.86 bits per heavy atom. The van der Waals surface area contributed by atoms with E-state index in [0.717, 1.165) is 12.1 Å². The third kappa shape index (κ3) is 5.97. The molecule has 1 saturated heterocycles. The molecule has 0 radical (unpaired) electrons. The van der Waals surface area contributed by atoms with Crippen LogP contribution in [-0.4, -0.2) is 56.5 Å². The Labute approximate surface area is 177 Å². The second kappa shape index (κ2) is 11.1. The number of hydrogen-bond acceptors (Lipinski definition) is 4. The Hall–Kier alpha value is -2.05. The van der Waals surface area contributed by atoms with Crippen LogP contribution in [0.4, 0.5) is 18.9 Å². The molecule has 1 aliphatic rings. The number of halogens is 4. The quantitative estimate of drug-likeness (QED) is 0.212. The fraction of sp³-hybridized carbons (Fsp3) is 0.471. The monoisotopic (exact) mass is 514 g/mol. The highest BCUT2D eigenvalue weighted by molar-refractivity contribution is 14.0. The van der Waals surface area contributed by atoms with Gasteiger partial charge in [0, 0.05) is 20.1 Å². The largest absolute Gasteiger partial charge is 0.469 e. The summed E-state index contributed by atoms with van der Waals surface area (Å²) in [6.07, 6.45) is 1.19. The Bertz CT molecular complexity index is 741. The lowest BCUT2D eigenvalue weighted by Gasteiger charge is -2.33. The molecule has 0 aromatic heterocycles. The summed E-state index contributed by atoms with van der Waals surface area (Å²) in [5, 5.41) is 4.99. The number of hydrogen-bond donors (Lipinski definition) is 2. The van der Waals surface area contributed by atoms with Crippen molar-refractivity contribution in [2.24, 2.45) is 10.9 Å². The number of carbonyl (C=O) groups is 2.